The first-order chi connectivity index (χ1) is 15.2. The summed E-state index contributed by atoms with van der Waals surface area (Å²) in [6.45, 7) is 8.18. The van der Waals surface area contributed by atoms with Crippen molar-refractivity contribution in [3.05, 3.63) is 95.1 Å². The molecule has 0 radical (unpaired) electrons. The lowest BCUT2D eigenvalue weighted by Crippen LogP contribution is -1.97. The third-order valence-electron chi connectivity index (χ3n) is 5.68. The zero-order chi connectivity index (χ0) is 23.4. The van der Waals surface area contributed by atoms with Gasteiger partial charge in [-0.3, -0.25) is 0 Å². The molecule has 164 valence electrons. The summed E-state index contributed by atoms with van der Waals surface area (Å²) in [4.78, 5) is 0. The van der Waals surface area contributed by atoms with Crippen molar-refractivity contribution in [1.82, 2.24) is 0 Å². The van der Waals surface area contributed by atoms with Crippen LogP contribution in [0.2, 0.25) is 0 Å². The van der Waals surface area contributed by atoms with Gasteiger partial charge in [0.1, 0.15) is 0 Å². The Bertz CT molecular complexity index is 1080. The summed E-state index contributed by atoms with van der Waals surface area (Å²) in [6.07, 6.45) is 0. The van der Waals surface area contributed by atoms with Gasteiger partial charge in [-0.1, -0.05) is 24.3 Å². The summed E-state index contributed by atoms with van der Waals surface area (Å²) in [5.41, 5.74) is 35.7. The number of nitrogen functional groups attached to an aromatic ring is 4. The average molecular weight is 425 g/mol. The van der Waals surface area contributed by atoms with E-state index in [-0.39, 0.29) is 0 Å². The van der Waals surface area contributed by atoms with Crippen LogP contribution in [-0.4, -0.2) is 0 Å². The number of benzene rings is 4. The maximum Gasteiger partial charge on any atom is 0.0373 e. The first-order valence-corrected chi connectivity index (χ1v) is 10.6. The third-order valence-corrected chi connectivity index (χ3v) is 5.68. The van der Waals surface area contributed by atoms with Gasteiger partial charge >= 0.3 is 0 Å². The molecule has 8 N–H and O–H groups in total. The highest BCUT2D eigenvalue weighted by Crippen LogP contribution is 2.30. The van der Waals surface area contributed by atoms with Gasteiger partial charge in [0.2, 0.25) is 0 Å². The van der Waals surface area contributed by atoms with E-state index in [0.29, 0.717) is 0 Å². The number of anilines is 4. The molecule has 0 aliphatic heterocycles. The second-order valence-electron chi connectivity index (χ2n) is 8.29. The number of nitrogens with two attached hydrogens (primary N) is 4. The summed E-state index contributed by atoms with van der Waals surface area (Å²) in [6, 6.07) is 24.1. The van der Waals surface area contributed by atoms with E-state index in [2.05, 4.69) is 24.3 Å². The molecular formula is C28H32N4. The van der Waals surface area contributed by atoms with Gasteiger partial charge in [0, 0.05) is 22.7 Å². The highest BCUT2D eigenvalue weighted by atomic mass is 14.6. The molecule has 4 aromatic rings. The monoisotopic (exact) mass is 424 g/mol. The van der Waals surface area contributed by atoms with Gasteiger partial charge in [0.15, 0.2) is 0 Å². The standard InChI is InChI=1S/C16H20N2.C12H12N2/c1-9-5-13(6-10(2)15(9)17)14-7-11(3)16(18)12(4)8-14;13-11-5-1-9(2-6-11)10-3-7-12(14)8-4-10/h5-8H,17-18H2,1-4H3;1-8H,13-14H2. The van der Waals surface area contributed by atoms with E-state index in [9.17, 15) is 0 Å². The minimum atomic E-state index is 0.782. The first kappa shape index (κ1) is 22.8. The molecule has 0 atom stereocenters. The topological polar surface area (TPSA) is 104 Å². The second kappa shape index (κ2) is 9.48. The quantitative estimate of drug-likeness (QED) is 0.285. The maximum absolute atomic E-state index is 5.99. The molecule has 0 aromatic heterocycles. The Hall–Kier alpha value is -3.92. The molecule has 0 aliphatic carbocycles. The van der Waals surface area contributed by atoms with Crippen molar-refractivity contribution >= 4 is 22.7 Å². The van der Waals surface area contributed by atoms with Crippen LogP contribution in [0.25, 0.3) is 22.3 Å². The van der Waals surface area contributed by atoms with Crippen LogP contribution < -0.4 is 22.9 Å². The van der Waals surface area contributed by atoms with Crippen LogP contribution in [0.5, 0.6) is 0 Å². The molecule has 0 aliphatic rings. The van der Waals surface area contributed by atoms with Crippen LogP contribution in [0.15, 0.2) is 72.8 Å². The van der Waals surface area contributed by atoms with E-state index in [1.165, 1.54) is 11.1 Å². The van der Waals surface area contributed by atoms with E-state index in [1.807, 2.05) is 76.2 Å². The minimum absolute atomic E-state index is 0.782. The molecule has 4 nitrogen and oxygen atoms in total. The van der Waals surface area contributed by atoms with Gasteiger partial charge in [-0.2, -0.15) is 0 Å². The molecule has 0 spiro atoms. The predicted molar refractivity (Wildman–Crippen MR) is 140 cm³/mol. The lowest BCUT2D eigenvalue weighted by atomic mass is 9.95. The van der Waals surface area contributed by atoms with Crippen molar-refractivity contribution in [2.45, 2.75) is 27.7 Å². The molecule has 0 unspecified atom stereocenters. The third kappa shape index (κ3) is 5.22. The van der Waals surface area contributed by atoms with E-state index in [4.69, 9.17) is 22.9 Å². The van der Waals surface area contributed by atoms with Crippen LogP contribution >= 0.6 is 0 Å². The molecular weight excluding hydrogens is 392 g/mol. The fourth-order valence-electron chi connectivity index (χ4n) is 3.63. The van der Waals surface area contributed by atoms with Gasteiger partial charge in [0.05, 0.1) is 0 Å². The van der Waals surface area contributed by atoms with Gasteiger partial charge in [0.25, 0.3) is 0 Å². The number of rotatable bonds is 2. The zero-order valence-corrected chi connectivity index (χ0v) is 19.2. The minimum Gasteiger partial charge on any atom is -0.399 e. The van der Waals surface area contributed by atoms with Gasteiger partial charge < -0.3 is 22.9 Å². The van der Waals surface area contributed by atoms with E-state index < -0.39 is 0 Å². The fraction of sp³-hybridized carbons (Fsp3) is 0.143. The van der Waals surface area contributed by atoms with E-state index >= 15 is 0 Å². The van der Waals surface area contributed by atoms with E-state index in [1.54, 1.807) is 0 Å². The van der Waals surface area contributed by atoms with Crippen LogP contribution in [0.1, 0.15) is 22.3 Å². The Balaban J connectivity index is 0.000000186. The van der Waals surface area contributed by atoms with Crippen molar-refractivity contribution in [3.8, 4) is 22.3 Å². The molecule has 0 amide bonds. The molecule has 32 heavy (non-hydrogen) atoms. The number of hydrogen-bond donors (Lipinski definition) is 4. The molecule has 0 fully saturated rings. The summed E-state index contributed by atoms with van der Waals surface area (Å²) in [7, 11) is 0. The maximum atomic E-state index is 5.99. The molecule has 0 saturated heterocycles. The normalized spacial score (nSPS) is 10.4. The zero-order valence-electron chi connectivity index (χ0n) is 19.2. The highest BCUT2D eigenvalue weighted by molar-refractivity contribution is 5.74. The Morgan fingerprint density at radius 1 is 0.375 bits per heavy atom. The Morgan fingerprint density at radius 2 is 0.625 bits per heavy atom. The van der Waals surface area contributed by atoms with Crippen LogP contribution in [0.4, 0.5) is 22.7 Å². The molecule has 0 saturated carbocycles. The van der Waals surface area contributed by atoms with Crippen LogP contribution in [-0.2, 0) is 0 Å². The molecule has 4 rings (SSSR count). The largest absolute Gasteiger partial charge is 0.399 e. The molecule has 0 bridgehead atoms. The van der Waals surface area contributed by atoms with Crippen molar-refractivity contribution in [2.75, 3.05) is 22.9 Å². The predicted octanol–water partition coefficient (Wildman–Crippen LogP) is 6.27. The first-order valence-electron chi connectivity index (χ1n) is 10.6. The molecule has 4 heteroatoms. The highest BCUT2D eigenvalue weighted by Gasteiger charge is 2.07. The van der Waals surface area contributed by atoms with Gasteiger partial charge in [-0.15, -0.1) is 0 Å². The van der Waals surface area contributed by atoms with Crippen molar-refractivity contribution < 1.29 is 0 Å². The van der Waals surface area contributed by atoms with Crippen molar-refractivity contribution in [1.29, 1.82) is 0 Å². The fourth-order valence-corrected chi connectivity index (χ4v) is 3.63. The molecule has 0 heterocycles. The smallest absolute Gasteiger partial charge is 0.0373 e. The van der Waals surface area contributed by atoms with Crippen LogP contribution in [0, 0.1) is 27.7 Å². The van der Waals surface area contributed by atoms with Crippen molar-refractivity contribution in [3.63, 3.8) is 0 Å². The van der Waals surface area contributed by atoms with E-state index in [0.717, 1.165) is 56.1 Å². The van der Waals surface area contributed by atoms with Gasteiger partial charge in [-0.25, -0.2) is 0 Å². The van der Waals surface area contributed by atoms with Gasteiger partial charge in [-0.05, 0) is 121 Å². The number of hydrogen-bond acceptors (Lipinski definition) is 4. The second-order valence-corrected chi connectivity index (χ2v) is 8.29. The molecule has 4 aromatic carbocycles. The summed E-state index contributed by atoms with van der Waals surface area (Å²) >= 11 is 0. The summed E-state index contributed by atoms with van der Waals surface area (Å²) < 4.78 is 0. The SMILES string of the molecule is Cc1cc(-c2cc(C)c(N)c(C)c2)cc(C)c1N.Nc1ccc(-c2ccc(N)cc2)cc1. The number of aryl methyl sites for hydroxylation is 4. The lowest BCUT2D eigenvalue weighted by Gasteiger charge is -2.12. The Kier molecular flexibility index (Phi) is 6.74. The Morgan fingerprint density at radius 3 is 0.875 bits per heavy atom. The Labute approximate surface area is 190 Å². The summed E-state index contributed by atoms with van der Waals surface area (Å²) in [5, 5.41) is 0. The van der Waals surface area contributed by atoms with Crippen molar-refractivity contribution in [2.24, 2.45) is 0 Å². The average Bonchev–Trinajstić information content (AvgIpc) is 2.77. The summed E-state index contributed by atoms with van der Waals surface area (Å²) in [5.74, 6) is 0. The lowest BCUT2D eigenvalue weighted by molar-refractivity contribution is 1.36. The van der Waals surface area contributed by atoms with Crippen LogP contribution in [0.3, 0.4) is 0 Å².